The summed E-state index contributed by atoms with van der Waals surface area (Å²) in [5.74, 6) is 1.47. The molecular formula is C19H24N2O4. The molecule has 1 aliphatic heterocycles. The number of carbonyl (C=O) groups excluding carboxylic acids is 1. The number of benzene rings is 1. The first-order valence-corrected chi connectivity index (χ1v) is 8.63. The number of nitrogens with one attached hydrogen (secondary N) is 1. The van der Waals surface area contributed by atoms with Gasteiger partial charge in [0, 0.05) is 18.7 Å². The summed E-state index contributed by atoms with van der Waals surface area (Å²) < 4.78 is 16.4. The van der Waals surface area contributed by atoms with Crippen LogP contribution in [0.15, 0.2) is 28.8 Å². The Morgan fingerprint density at radius 1 is 1.32 bits per heavy atom. The minimum atomic E-state index is -0.0480. The quantitative estimate of drug-likeness (QED) is 0.836. The summed E-state index contributed by atoms with van der Waals surface area (Å²) in [4.78, 5) is 12.1. The third-order valence-electron chi connectivity index (χ3n) is 4.39. The molecule has 1 atom stereocenters. The fourth-order valence-electron chi connectivity index (χ4n) is 2.85. The largest absolute Gasteiger partial charge is 0.491 e. The number of ether oxygens (including phenoxy) is 2. The molecule has 1 aliphatic rings. The Morgan fingerprint density at radius 2 is 2.12 bits per heavy atom. The van der Waals surface area contributed by atoms with Crippen molar-refractivity contribution in [2.45, 2.75) is 45.8 Å². The number of carbonyl (C=O) groups is 1. The van der Waals surface area contributed by atoms with Crippen LogP contribution in [-0.2, 0) is 22.5 Å². The zero-order chi connectivity index (χ0) is 17.6. The highest BCUT2D eigenvalue weighted by atomic mass is 16.5. The standard InChI is InChI=1S/C19H24N2O4/c1-13-18(14(2)25-21-13)10-19(22)20-11-15-5-7-16(8-6-15)24-12-17-4-3-9-23-17/h5-8,17H,3-4,9-12H2,1-2H3,(H,20,22)/t17-/m1/s1. The summed E-state index contributed by atoms with van der Waals surface area (Å²) in [5, 5.41) is 6.78. The maximum Gasteiger partial charge on any atom is 0.224 e. The average Bonchev–Trinajstić information content (AvgIpc) is 3.24. The molecule has 0 spiro atoms. The molecule has 0 aliphatic carbocycles. The van der Waals surface area contributed by atoms with Gasteiger partial charge < -0.3 is 19.3 Å². The molecule has 0 radical (unpaired) electrons. The Balaban J connectivity index is 1.44. The van der Waals surface area contributed by atoms with Crippen molar-refractivity contribution in [1.82, 2.24) is 10.5 Å². The van der Waals surface area contributed by atoms with Crippen molar-refractivity contribution in [2.24, 2.45) is 0 Å². The van der Waals surface area contributed by atoms with Gasteiger partial charge in [0.25, 0.3) is 0 Å². The van der Waals surface area contributed by atoms with E-state index in [1.807, 2.05) is 38.1 Å². The van der Waals surface area contributed by atoms with Crippen molar-refractivity contribution in [2.75, 3.05) is 13.2 Å². The zero-order valence-corrected chi connectivity index (χ0v) is 14.7. The lowest BCUT2D eigenvalue weighted by Gasteiger charge is -2.12. The molecule has 1 fully saturated rings. The number of aromatic nitrogens is 1. The van der Waals surface area contributed by atoms with Gasteiger partial charge in [-0.25, -0.2) is 0 Å². The maximum absolute atomic E-state index is 12.1. The van der Waals surface area contributed by atoms with Gasteiger partial charge in [0.15, 0.2) is 0 Å². The Morgan fingerprint density at radius 3 is 2.76 bits per heavy atom. The third kappa shape index (κ3) is 4.82. The van der Waals surface area contributed by atoms with E-state index in [9.17, 15) is 4.79 Å². The first-order chi connectivity index (χ1) is 12.1. The van der Waals surface area contributed by atoms with E-state index in [0.29, 0.717) is 18.9 Å². The number of amides is 1. The van der Waals surface area contributed by atoms with Gasteiger partial charge in [-0.1, -0.05) is 17.3 Å². The van der Waals surface area contributed by atoms with E-state index in [4.69, 9.17) is 14.0 Å². The van der Waals surface area contributed by atoms with Crippen LogP contribution in [0.3, 0.4) is 0 Å². The third-order valence-corrected chi connectivity index (χ3v) is 4.39. The molecule has 134 valence electrons. The molecule has 1 amide bonds. The van der Waals surface area contributed by atoms with E-state index in [0.717, 1.165) is 42.0 Å². The van der Waals surface area contributed by atoms with Gasteiger partial charge in [0.1, 0.15) is 18.1 Å². The van der Waals surface area contributed by atoms with E-state index in [1.165, 1.54) is 0 Å². The monoisotopic (exact) mass is 344 g/mol. The Hall–Kier alpha value is -2.34. The zero-order valence-electron chi connectivity index (χ0n) is 14.7. The molecule has 6 nitrogen and oxygen atoms in total. The Labute approximate surface area is 147 Å². The van der Waals surface area contributed by atoms with Crippen molar-refractivity contribution >= 4 is 5.91 Å². The highest BCUT2D eigenvalue weighted by molar-refractivity contribution is 5.79. The summed E-state index contributed by atoms with van der Waals surface area (Å²) in [6, 6.07) is 7.76. The average molecular weight is 344 g/mol. The van der Waals surface area contributed by atoms with E-state index >= 15 is 0 Å². The van der Waals surface area contributed by atoms with Crippen LogP contribution < -0.4 is 10.1 Å². The van der Waals surface area contributed by atoms with E-state index < -0.39 is 0 Å². The molecule has 1 saturated heterocycles. The fourth-order valence-corrected chi connectivity index (χ4v) is 2.85. The van der Waals surface area contributed by atoms with Crippen LogP contribution in [0.5, 0.6) is 5.75 Å². The minimum absolute atomic E-state index is 0.0480. The predicted molar refractivity (Wildman–Crippen MR) is 92.4 cm³/mol. The van der Waals surface area contributed by atoms with Gasteiger partial charge in [-0.3, -0.25) is 4.79 Å². The number of nitrogens with zero attached hydrogens (tertiary/aromatic N) is 1. The molecule has 6 heteroatoms. The molecule has 3 rings (SSSR count). The van der Waals surface area contributed by atoms with Crippen LogP contribution in [-0.4, -0.2) is 30.4 Å². The van der Waals surface area contributed by atoms with E-state index in [1.54, 1.807) is 0 Å². The predicted octanol–water partition coefficient (Wildman–Crippen LogP) is 2.71. The minimum Gasteiger partial charge on any atom is -0.491 e. The van der Waals surface area contributed by atoms with Crippen molar-refractivity contribution < 1.29 is 18.8 Å². The van der Waals surface area contributed by atoms with Crippen LogP contribution in [0.25, 0.3) is 0 Å². The molecule has 1 aromatic heterocycles. The Kier molecular flexibility index (Phi) is 5.71. The Bertz CT molecular complexity index is 683. The van der Waals surface area contributed by atoms with Gasteiger partial charge in [-0.15, -0.1) is 0 Å². The number of hydrogen-bond donors (Lipinski definition) is 1. The number of hydrogen-bond acceptors (Lipinski definition) is 5. The van der Waals surface area contributed by atoms with Gasteiger partial charge in [-0.05, 0) is 44.4 Å². The van der Waals surface area contributed by atoms with E-state index in [2.05, 4.69) is 10.5 Å². The maximum atomic E-state index is 12.1. The van der Waals surface area contributed by atoms with Crippen molar-refractivity contribution in [3.05, 3.63) is 46.8 Å². The first-order valence-electron chi connectivity index (χ1n) is 8.63. The van der Waals surface area contributed by atoms with Crippen molar-refractivity contribution in [3.8, 4) is 5.75 Å². The summed E-state index contributed by atoms with van der Waals surface area (Å²) >= 11 is 0. The lowest BCUT2D eigenvalue weighted by atomic mass is 10.1. The van der Waals surface area contributed by atoms with Crippen LogP contribution in [0.4, 0.5) is 0 Å². The molecule has 1 aromatic carbocycles. The molecule has 25 heavy (non-hydrogen) atoms. The summed E-state index contributed by atoms with van der Waals surface area (Å²) in [7, 11) is 0. The summed E-state index contributed by atoms with van der Waals surface area (Å²) in [5.41, 5.74) is 2.65. The topological polar surface area (TPSA) is 73.6 Å². The molecule has 2 aromatic rings. The van der Waals surface area contributed by atoms with Gasteiger partial charge in [-0.2, -0.15) is 0 Å². The first kappa shape index (κ1) is 17.5. The summed E-state index contributed by atoms with van der Waals surface area (Å²) in [6.07, 6.45) is 2.67. The van der Waals surface area contributed by atoms with Crippen molar-refractivity contribution in [3.63, 3.8) is 0 Å². The normalized spacial score (nSPS) is 16.8. The van der Waals surface area contributed by atoms with E-state index in [-0.39, 0.29) is 18.4 Å². The van der Waals surface area contributed by atoms with Crippen LogP contribution >= 0.6 is 0 Å². The second kappa shape index (κ2) is 8.16. The molecule has 0 bridgehead atoms. The number of rotatable bonds is 7. The van der Waals surface area contributed by atoms with Crippen LogP contribution in [0.2, 0.25) is 0 Å². The fraction of sp³-hybridized carbons (Fsp3) is 0.474. The smallest absolute Gasteiger partial charge is 0.224 e. The summed E-state index contributed by atoms with van der Waals surface area (Å²) in [6.45, 7) is 5.56. The lowest BCUT2D eigenvalue weighted by Crippen LogP contribution is -2.24. The molecule has 0 unspecified atom stereocenters. The highest BCUT2D eigenvalue weighted by Crippen LogP contribution is 2.17. The molecule has 1 N–H and O–H groups in total. The molecule has 2 heterocycles. The number of aryl methyl sites for hydroxylation is 2. The lowest BCUT2D eigenvalue weighted by molar-refractivity contribution is -0.120. The molecule has 0 saturated carbocycles. The second-order valence-corrected chi connectivity index (χ2v) is 6.35. The van der Waals surface area contributed by atoms with Crippen molar-refractivity contribution in [1.29, 1.82) is 0 Å². The van der Waals surface area contributed by atoms with Gasteiger partial charge >= 0.3 is 0 Å². The van der Waals surface area contributed by atoms with Crippen LogP contribution in [0.1, 0.15) is 35.4 Å². The SMILES string of the molecule is Cc1noc(C)c1CC(=O)NCc1ccc(OC[C@H]2CCCO2)cc1. The van der Waals surface area contributed by atoms with Gasteiger partial charge in [0.05, 0.1) is 18.2 Å². The second-order valence-electron chi connectivity index (χ2n) is 6.35. The molecular weight excluding hydrogens is 320 g/mol. The van der Waals surface area contributed by atoms with Crippen LogP contribution in [0, 0.1) is 13.8 Å². The van der Waals surface area contributed by atoms with Gasteiger partial charge in [0.2, 0.25) is 5.91 Å². The highest BCUT2D eigenvalue weighted by Gasteiger charge is 2.16.